The molecule has 0 saturated heterocycles. The second kappa shape index (κ2) is 5.88. The van der Waals surface area contributed by atoms with Gasteiger partial charge < -0.3 is 10.0 Å². The fourth-order valence-corrected chi connectivity index (χ4v) is 1.71. The number of hydrogen-bond acceptors (Lipinski definition) is 4. The fourth-order valence-electron chi connectivity index (χ4n) is 1.35. The molecule has 1 aromatic rings. The molecule has 6 heteroatoms. The average Bonchev–Trinajstić information content (AvgIpc) is 2.28. The number of benzene rings is 1. The molecule has 0 heterocycles. The Bertz CT molecular complexity index is 500. The lowest BCUT2D eigenvalue weighted by molar-refractivity contribution is 0.0697. The Balaban J connectivity index is 3.23. The maximum absolute atomic E-state index is 11.1. The Morgan fingerprint density at radius 2 is 1.94 bits per heavy atom. The first kappa shape index (κ1) is 13.0. The van der Waals surface area contributed by atoms with E-state index in [4.69, 9.17) is 15.6 Å². The third-order valence-electron chi connectivity index (χ3n) is 2.05. The first-order valence-corrected chi connectivity index (χ1v) is 5.41. The molecule has 0 radical (unpaired) electrons. The van der Waals surface area contributed by atoms with Crippen LogP contribution in [0.1, 0.15) is 10.4 Å². The van der Waals surface area contributed by atoms with Gasteiger partial charge in [-0.3, -0.25) is 0 Å². The normalized spacial score (nSPS) is 9.12. The van der Waals surface area contributed by atoms with Crippen LogP contribution in [0.5, 0.6) is 0 Å². The van der Waals surface area contributed by atoms with Crippen molar-refractivity contribution in [2.45, 2.75) is 0 Å². The lowest BCUT2D eigenvalue weighted by Gasteiger charge is -2.20. The molecule has 0 aliphatic heterocycles. The predicted octanol–water partition coefficient (Wildman–Crippen LogP) is 2.00. The monoisotopic (exact) mass is 293 g/mol. The first-order valence-electron chi connectivity index (χ1n) is 4.62. The predicted molar refractivity (Wildman–Crippen MR) is 64.5 cm³/mol. The van der Waals surface area contributed by atoms with Crippen molar-refractivity contribution < 1.29 is 9.90 Å². The van der Waals surface area contributed by atoms with E-state index in [1.54, 1.807) is 12.1 Å². The largest absolute Gasteiger partial charge is 0.478 e. The van der Waals surface area contributed by atoms with Crippen molar-refractivity contribution in [2.24, 2.45) is 0 Å². The van der Waals surface area contributed by atoms with Crippen LogP contribution in [-0.4, -0.2) is 24.2 Å². The van der Waals surface area contributed by atoms with Gasteiger partial charge in [-0.25, -0.2) is 4.79 Å². The van der Waals surface area contributed by atoms with Crippen molar-refractivity contribution in [1.82, 2.24) is 0 Å². The molecule has 1 rings (SSSR count). The molecule has 0 spiro atoms. The molecule has 0 aromatic heterocycles. The standard InChI is InChI=1S/C11H8BrN3O2/c12-8-1-2-10(9(7-8)11(16)17)15(5-3-13)6-4-14/h1-2,7H,5-6H2,(H,16,17). The van der Waals surface area contributed by atoms with Gasteiger partial charge in [0.25, 0.3) is 0 Å². The second-order valence-electron chi connectivity index (χ2n) is 3.14. The lowest BCUT2D eigenvalue weighted by Crippen LogP contribution is -2.25. The number of carboxylic acids is 1. The number of carboxylic acid groups (broad SMARTS) is 1. The van der Waals surface area contributed by atoms with Crippen LogP contribution >= 0.6 is 15.9 Å². The maximum atomic E-state index is 11.1. The lowest BCUT2D eigenvalue weighted by atomic mass is 10.1. The molecule has 0 aliphatic rings. The van der Waals surface area contributed by atoms with Gasteiger partial charge in [0.15, 0.2) is 0 Å². The van der Waals surface area contributed by atoms with Crippen molar-refractivity contribution >= 4 is 27.6 Å². The molecule has 1 N–H and O–H groups in total. The van der Waals surface area contributed by atoms with Gasteiger partial charge in [0.1, 0.15) is 13.1 Å². The zero-order valence-corrected chi connectivity index (χ0v) is 10.3. The van der Waals surface area contributed by atoms with Crippen LogP contribution in [0.4, 0.5) is 5.69 Å². The molecular weight excluding hydrogens is 286 g/mol. The molecule has 0 amide bonds. The molecule has 0 unspecified atom stereocenters. The van der Waals surface area contributed by atoms with Crippen molar-refractivity contribution in [2.75, 3.05) is 18.0 Å². The van der Waals surface area contributed by atoms with Crippen molar-refractivity contribution in [3.8, 4) is 12.1 Å². The number of aromatic carboxylic acids is 1. The van der Waals surface area contributed by atoms with E-state index < -0.39 is 5.97 Å². The van der Waals surface area contributed by atoms with Crippen LogP contribution < -0.4 is 4.90 Å². The Morgan fingerprint density at radius 1 is 1.35 bits per heavy atom. The van der Waals surface area contributed by atoms with Crippen LogP contribution in [0, 0.1) is 22.7 Å². The molecule has 0 fully saturated rings. The Hall–Kier alpha value is -2.05. The van der Waals surface area contributed by atoms with Gasteiger partial charge in [0.05, 0.1) is 23.4 Å². The molecule has 0 bridgehead atoms. The molecule has 0 atom stereocenters. The van der Waals surface area contributed by atoms with Gasteiger partial charge >= 0.3 is 5.97 Å². The fraction of sp³-hybridized carbons (Fsp3) is 0.182. The van der Waals surface area contributed by atoms with E-state index in [1.165, 1.54) is 11.0 Å². The van der Waals surface area contributed by atoms with Gasteiger partial charge in [0, 0.05) is 4.47 Å². The second-order valence-corrected chi connectivity index (χ2v) is 4.05. The highest BCUT2D eigenvalue weighted by Crippen LogP contribution is 2.24. The van der Waals surface area contributed by atoms with E-state index in [0.717, 1.165) is 0 Å². The molecule has 1 aromatic carbocycles. The molecular formula is C11H8BrN3O2. The zero-order valence-electron chi connectivity index (χ0n) is 8.72. The van der Waals surface area contributed by atoms with Crippen LogP contribution in [-0.2, 0) is 0 Å². The summed E-state index contributed by atoms with van der Waals surface area (Å²) in [5, 5.41) is 26.4. The minimum Gasteiger partial charge on any atom is -0.478 e. The molecule has 0 aliphatic carbocycles. The van der Waals surface area contributed by atoms with Crippen LogP contribution in [0.15, 0.2) is 22.7 Å². The number of nitriles is 2. The van der Waals surface area contributed by atoms with E-state index >= 15 is 0 Å². The minimum atomic E-state index is -1.10. The number of hydrogen-bond donors (Lipinski definition) is 1. The molecule has 86 valence electrons. The smallest absolute Gasteiger partial charge is 0.337 e. The first-order chi connectivity index (χ1) is 8.10. The third-order valence-corrected chi connectivity index (χ3v) is 2.55. The number of halogens is 1. The van der Waals surface area contributed by atoms with Crippen LogP contribution in [0.2, 0.25) is 0 Å². The Labute approximate surface area is 107 Å². The summed E-state index contributed by atoms with van der Waals surface area (Å²) < 4.78 is 0.632. The third kappa shape index (κ3) is 3.20. The quantitative estimate of drug-likeness (QED) is 0.858. The SMILES string of the molecule is N#CCN(CC#N)c1ccc(Br)cc1C(=O)O. The van der Waals surface area contributed by atoms with E-state index in [-0.39, 0.29) is 18.7 Å². The highest BCUT2D eigenvalue weighted by molar-refractivity contribution is 9.10. The van der Waals surface area contributed by atoms with Gasteiger partial charge in [-0.15, -0.1) is 0 Å². The van der Waals surface area contributed by atoms with E-state index in [2.05, 4.69) is 15.9 Å². The molecule has 5 nitrogen and oxygen atoms in total. The summed E-state index contributed by atoms with van der Waals surface area (Å²) >= 11 is 3.18. The zero-order chi connectivity index (χ0) is 12.8. The molecule has 0 saturated carbocycles. The summed E-state index contributed by atoms with van der Waals surface area (Å²) in [5.74, 6) is -1.10. The summed E-state index contributed by atoms with van der Waals surface area (Å²) in [6.45, 7) is -0.0645. The van der Waals surface area contributed by atoms with Gasteiger partial charge in [-0.2, -0.15) is 10.5 Å². The van der Waals surface area contributed by atoms with Crippen molar-refractivity contribution in [3.63, 3.8) is 0 Å². The summed E-state index contributed by atoms with van der Waals surface area (Å²) in [5.41, 5.74) is 0.425. The number of rotatable bonds is 4. The Morgan fingerprint density at radius 3 is 2.41 bits per heavy atom. The summed E-state index contributed by atoms with van der Waals surface area (Å²) in [6.07, 6.45) is 0. The topological polar surface area (TPSA) is 88.1 Å². The number of nitrogens with zero attached hydrogens (tertiary/aromatic N) is 3. The van der Waals surface area contributed by atoms with Crippen molar-refractivity contribution in [3.05, 3.63) is 28.2 Å². The van der Waals surface area contributed by atoms with Crippen LogP contribution in [0.3, 0.4) is 0 Å². The maximum Gasteiger partial charge on any atom is 0.337 e. The molecule has 17 heavy (non-hydrogen) atoms. The van der Waals surface area contributed by atoms with Crippen molar-refractivity contribution in [1.29, 1.82) is 10.5 Å². The van der Waals surface area contributed by atoms with E-state index in [9.17, 15) is 4.79 Å². The minimum absolute atomic E-state index is 0.0323. The van der Waals surface area contributed by atoms with Gasteiger partial charge in [0.2, 0.25) is 0 Å². The highest BCUT2D eigenvalue weighted by Gasteiger charge is 2.16. The number of carbonyl (C=O) groups is 1. The average molecular weight is 294 g/mol. The highest BCUT2D eigenvalue weighted by atomic mass is 79.9. The number of anilines is 1. The van der Waals surface area contributed by atoms with E-state index in [0.29, 0.717) is 10.2 Å². The van der Waals surface area contributed by atoms with Crippen LogP contribution in [0.25, 0.3) is 0 Å². The summed E-state index contributed by atoms with van der Waals surface area (Å²) in [7, 11) is 0. The van der Waals surface area contributed by atoms with Gasteiger partial charge in [-0.05, 0) is 18.2 Å². The van der Waals surface area contributed by atoms with Gasteiger partial charge in [-0.1, -0.05) is 15.9 Å². The summed E-state index contributed by atoms with van der Waals surface area (Å²) in [4.78, 5) is 12.5. The van der Waals surface area contributed by atoms with E-state index in [1.807, 2.05) is 12.1 Å². The summed E-state index contributed by atoms with van der Waals surface area (Å²) in [6, 6.07) is 8.49. The Kier molecular flexibility index (Phi) is 4.50.